The van der Waals surface area contributed by atoms with Crippen LogP contribution in [0.2, 0.25) is 0 Å². The number of methoxy groups -OCH3 is 2. The van der Waals surface area contributed by atoms with E-state index in [1.54, 1.807) is 28.2 Å². The number of rotatable bonds is 6. The molecule has 0 aliphatic rings. The topological polar surface area (TPSA) is 93.8 Å². The van der Waals surface area contributed by atoms with Gasteiger partial charge in [0.25, 0.3) is 0 Å². The lowest BCUT2D eigenvalue weighted by Crippen LogP contribution is -2.36. The monoisotopic (exact) mass is 319 g/mol. The molecule has 2 rings (SSSR count). The van der Waals surface area contributed by atoms with Crippen molar-refractivity contribution in [3.05, 3.63) is 35.5 Å². The number of guanidine groups is 1. The summed E-state index contributed by atoms with van der Waals surface area (Å²) in [5.74, 6) is 3.14. The van der Waals surface area contributed by atoms with Gasteiger partial charge in [-0.1, -0.05) is 11.2 Å². The number of hydrogen-bond acceptors (Lipinski definition) is 6. The fourth-order valence-corrected chi connectivity index (χ4v) is 1.97. The van der Waals surface area contributed by atoms with E-state index in [1.165, 1.54) is 0 Å². The van der Waals surface area contributed by atoms with Crippen molar-refractivity contribution in [1.29, 1.82) is 0 Å². The lowest BCUT2D eigenvalue weighted by atomic mass is 10.2. The minimum absolute atomic E-state index is 0.409. The lowest BCUT2D eigenvalue weighted by Gasteiger charge is -2.12. The van der Waals surface area contributed by atoms with E-state index in [2.05, 4.69) is 25.8 Å². The van der Waals surface area contributed by atoms with Gasteiger partial charge in [0.2, 0.25) is 5.89 Å². The second kappa shape index (κ2) is 8.02. The molecule has 0 radical (unpaired) electrons. The van der Waals surface area contributed by atoms with Crippen LogP contribution in [0.5, 0.6) is 11.5 Å². The van der Waals surface area contributed by atoms with Crippen molar-refractivity contribution < 1.29 is 14.0 Å². The zero-order chi connectivity index (χ0) is 16.7. The van der Waals surface area contributed by atoms with Crippen molar-refractivity contribution in [1.82, 2.24) is 20.8 Å². The average molecular weight is 319 g/mol. The first-order valence-electron chi connectivity index (χ1n) is 7.11. The summed E-state index contributed by atoms with van der Waals surface area (Å²) in [5.41, 5.74) is 1.04. The minimum atomic E-state index is 0.409. The van der Waals surface area contributed by atoms with Crippen LogP contribution in [-0.4, -0.2) is 37.4 Å². The molecule has 0 amide bonds. The van der Waals surface area contributed by atoms with Crippen molar-refractivity contribution >= 4 is 5.96 Å². The van der Waals surface area contributed by atoms with Gasteiger partial charge < -0.3 is 24.6 Å². The van der Waals surface area contributed by atoms with E-state index in [0.29, 0.717) is 42.3 Å². The van der Waals surface area contributed by atoms with Gasteiger partial charge in [-0.2, -0.15) is 4.98 Å². The van der Waals surface area contributed by atoms with Crippen molar-refractivity contribution in [2.24, 2.45) is 4.99 Å². The fourth-order valence-electron chi connectivity index (χ4n) is 1.97. The number of aromatic nitrogens is 2. The predicted octanol–water partition coefficient (Wildman–Crippen LogP) is 1.26. The fraction of sp³-hybridized carbons (Fsp3) is 0.400. The van der Waals surface area contributed by atoms with Gasteiger partial charge in [0.15, 0.2) is 23.3 Å². The third kappa shape index (κ3) is 4.60. The number of aliphatic imine (C=N–C) groups is 1. The van der Waals surface area contributed by atoms with Gasteiger partial charge >= 0.3 is 0 Å². The number of nitrogens with one attached hydrogen (secondary N) is 2. The maximum Gasteiger partial charge on any atom is 0.246 e. The van der Waals surface area contributed by atoms with Crippen molar-refractivity contribution in [2.45, 2.75) is 20.0 Å². The molecule has 8 nitrogen and oxygen atoms in total. The van der Waals surface area contributed by atoms with Crippen LogP contribution in [-0.2, 0) is 13.1 Å². The molecule has 0 aliphatic carbocycles. The molecule has 0 aliphatic heterocycles. The summed E-state index contributed by atoms with van der Waals surface area (Å²) in [7, 11) is 4.92. The molecule has 1 heterocycles. The third-order valence-electron chi connectivity index (χ3n) is 3.11. The summed E-state index contributed by atoms with van der Waals surface area (Å²) in [6, 6.07) is 5.75. The van der Waals surface area contributed by atoms with E-state index in [0.717, 1.165) is 5.56 Å². The van der Waals surface area contributed by atoms with E-state index < -0.39 is 0 Å². The number of aryl methyl sites for hydroxylation is 1. The molecule has 0 bridgehead atoms. The Hall–Kier alpha value is -2.77. The summed E-state index contributed by atoms with van der Waals surface area (Å²) in [6.45, 7) is 2.77. The van der Waals surface area contributed by atoms with E-state index in [4.69, 9.17) is 14.0 Å². The molecule has 8 heteroatoms. The molecule has 0 saturated carbocycles. The summed E-state index contributed by atoms with van der Waals surface area (Å²) in [4.78, 5) is 8.27. The van der Waals surface area contributed by atoms with Crippen LogP contribution < -0.4 is 20.1 Å². The summed E-state index contributed by atoms with van der Waals surface area (Å²) < 4.78 is 15.6. The Bertz CT molecular complexity index is 669. The Morgan fingerprint density at radius 1 is 1.17 bits per heavy atom. The molecule has 0 unspecified atom stereocenters. The van der Waals surface area contributed by atoms with Gasteiger partial charge in [0.05, 0.1) is 20.8 Å². The summed E-state index contributed by atoms with van der Waals surface area (Å²) >= 11 is 0. The number of nitrogens with zero attached hydrogens (tertiary/aromatic N) is 3. The Morgan fingerprint density at radius 2 is 1.91 bits per heavy atom. The second-order valence-corrected chi connectivity index (χ2v) is 4.70. The molecular weight excluding hydrogens is 298 g/mol. The van der Waals surface area contributed by atoms with Gasteiger partial charge in [0, 0.05) is 13.6 Å². The first kappa shape index (κ1) is 16.6. The molecule has 0 spiro atoms. The average Bonchev–Trinajstić information content (AvgIpc) is 3.00. The predicted molar refractivity (Wildman–Crippen MR) is 85.6 cm³/mol. The van der Waals surface area contributed by atoms with Crippen LogP contribution in [0.3, 0.4) is 0 Å². The van der Waals surface area contributed by atoms with Gasteiger partial charge in [-0.15, -0.1) is 0 Å². The molecule has 2 aromatic rings. The maximum atomic E-state index is 5.29. The van der Waals surface area contributed by atoms with E-state index in [9.17, 15) is 0 Å². The van der Waals surface area contributed by atoms with Crippen molar-refractivity contribution in [2.75, 3.05) is 21.3 Å². The van der Waals surface area contributed by atoms with Gasteiger partial charge in [-0.05, 0) is 24.6 Å². The first-order valence-corrected chi connectivity index (χ1v) is 7.11. The molecule has 0 saturated heterocycles. The highest BCUT2D eigenvalue weighted by Gasteiger charge is 2.07. The lowest BCUT2D eigenvalue weighted by molar-refractivity contribution is 0.354. The zero-order valence-electron chi connectivity index (χ0n) is 13.7. The summed E-state index contributed by atoms with van der Waals surface area (Å²) in [5, 5.41) is 10.0. The molecule has 1 aromatic carbocycles. The Morgan fingerprint density at radius 3 is 2.52 bits per heavy atom. The second-order valence-electron chi connectivity index (χ2n) is 4.70. The molecule has 124 valence electrons. The summed E-state index contributed by atoms with van der Waals surface area (Å²) in [6.07, 6.45) is 0. The molecule has 0 atom stereocenters. The van der Waals surface area contributed by atoms with Gasteiger partial charge in [-0.25, -0.2) is 0 Å². The van der Waals surface area contributed by atoms with Crippen LogP contribution in [0.4, 0.5) is 0 Å². The Labute approximate surface area is 134 Å². The number of ether oxygens (including phenoxy) is 2. The van der Waals surface area contributed by atoms with Crippen LogP contribution in [0.15, 0.2) is 27.7 Å². The SMILES string of the molecule is CN=C(NCc1ccc(OC)c(OC)c1)NCc1nc(C)no1. The molecule has 2 N–H and O–H groups in total. The Balaban J connectivity index is 1.90. The van der Waals surface area contributed by atoms with E-state index >= 15 is 0 Å². The minimum Gasteiger partial charge on any atom is -0.493 e. The van der Waals surface area contributed by atoms with E-state index in [1.807, 2.05) is 18.2 Å². The van der Waals surface area contributed by atoms with Crippen LogP contribution in [0, 0.1) is 6.92 Å². The normalized spacial score (nSPS) is 11.2. The highest BCUT2D eigenvalue weighted by molar-refractivity contribution is 5.79. The molecular formula is C15H21N5O3. The number of hydrogen-bond donors (Lipinski definition) is 2. The van der Waals surface area contributed by atoms with Gasteiger partial charge in [-0.3, -0.25) is 4.99 Å². The van der Waals surface area contributed by atoms with E-state index in [-0.39, 0.29) is 0 Å². The largest absolute Gasteiger partial charge is 0.493 e. The number of benzene rings is 1. The van der Waals surface area contributed by atoms with Crippen LogP contribution in [0.25, 0.3) is 0 Å². The van der Waals surface area contributed by atoms with Crippen molar-refractivity contribution in [3.63, 3.8) is 0 Å². The standard InChI is InChI=1S/C15H21N5O3/c1-10-19-14(23-20-10)9-18-15(16-2)17-8-11-5-6-12(21-3)13(7-11)22-4/h5-7H,8-9H2,1-4H3,(H2,16,17,18). The molecule has 23 heavy (non-hydrogen) atoms. The zero-order valence-corrected chi connectivity index (χ0v) is 13.7. The highest BCUT2D eigenvalue weighted by atomic mass is 16.5. The quantitative estimate of drug-likeness (QED) is 0.611. The van der Waals surface area contributed by atoms with Crippen molar-refractivity contribution in [3.8, 4) is 11.5 Å². The van der Waals surface area contributed by atoms with Gasteiger partial charge in [0.1, 0.15) is 0 Å². The molecule has 1 aromatic heterocycles. The smallest absolute Gasteiger partial charge is 0.246 e. The Kier molecular flexibility index (Phi) is 5.79. The van der Waals surface area contributed by atoms with Crippen LogP contribution in [0.1, 0.15) is 17.3 Å². The highest BCUT2D eigenvalue weighted by Crippen LogP contribution is 2.27. The van der Waals surface area contributed by atoms with Crippen LogP contribution >= 0.6 is 0 Å². The maximum absolute atomic E-state index is 5.29. The molecule has 0 fully saturated rings. The first-order chi connectivity index (χ1) is 11.2. The third-order valence-corrected chi connectivity index (χ3v) is 3.11.